The van der Waals surface area contributed by atoms with Crippen LogP contribution in [-0.2, 0) is 14.4 Å². The van der Waals surface area contributed by atoms with Crippen molar-refractivity contribution in [3.63, 3.8) is 0 Å². The molecule has 0 aromatic rings. The fourth-order valence-corrected chi connectivity index (χ4v) is 0.684. The summed E-state index contributed by atoms with van der Waals surface area (Å²) in [4.78, 5) is 30.0. The third kappa shape index (κ3) is 8.67. The van der Waals surface area contributed by atoms with Crippen LogP contribution in [0.3, 0.4) is 0 Å². The van der Waals surface area contributed by atoms with Crippen molar-refractivity contribution in [2.24, 2.45) is 0 Å². The number of aliphatic hydroxyl groups is 1. The van der Waals surface area contributed by atoms with Crippen molar-refractivity contribution < 1.29 is 34.8 Å². The number of rotatable bonds is 5. The van der Waals surface area contributed by atoms with Gasteiger partial charge in [-0.25, -0.2) is 0 Å². The molecule has 0 unspecified atom stereocenters. The summed E-state index contributed by atoms with van der Waals surface area (Å²) in [6, 6.07) is 0. The van der Waals surface area contributed by atoms with Gasteiger partial charge in [-0.15, -0.1) is 0 Å². The third-order valence-electron chi connectivity index (χ3n) is 1.25. The number of carboxylic acid groups (broad SMARTS) is 3. The molecule has 15 heavy (non-hydrogen) atoms. The molecular formula is C6H5Ca2O7+. The van der Waals surface area contributed by atoms with Gasteiger partial charge in [0.15, 0.2) is 0 Å². The van der Waals surface area contributed by atoms with Crippen molar-refractivity contribution in [3.05, 3.63) is 0 Å². The van der Waals surface area contributed by atoms with Gasteiger partial charge in [-0.3, -0.25) is 0 Å². The van der Waals surface area contributed by atoms with Crippen LogP contribution in [-0.4, -0.2) is 104 Å². The van der Waals surface area contributed by atoms with Crippen molar-refractivity contribution in [2.45, 2.75) is 18.4 Å². The number of hydrogen-bond acceptors (Lipinski definition) is 7. The number of carbonyl (C=O) groups is 3. The second-order valence-corrected chi connectivity index (χ2v) is 2.42. The van der Waals surface area contributed by atoms with E-state index in [2.05, 4.69) is 0 Å². The van der Waals surface area contributed by atoms with Crippen LogP contribution in [0.25, 0.3) is 0 Å². The van der Waals surface area contributed by atoms with E-state index >= 15 is 0 Å². The molecule has 0 saturated heterocycles. The van der Waals surface area contributed by atoms with Crippen molar-refractivity contribution in [2.75, 3.05) is 0 Å². The number of carbonyl (C=O) groups excluding carboxylic acids is 3. The Morgan fingerprint density at radius 3 is 1.33 bits per heavy atom. The van der Waals surface area contributed by atoms with Crippen LogP contribution in [0, 0.1) is 0 Å². The normalized spacial score (nSPS) is 9.40. The van der Waals surface area contributed by atoms with Gasteiger partial charge in [0.05, 0.1) is 5.97 Å². The van der Waals surface area contributed by atoms with Crippen molar-refractivity contribution in [3.8, 4) is 0 Å². The minimum Gasteiger partial charge on any atom is -0.550 e. The van der Waals surface area contributed by atoms with E-state index in [4.69, 9.17) is 5.11 Å². The molecule has 0 bridgehead atoms. The van der Waals surface area contributed by atoms with E-state index in [1.807, 2.05) is 0 Å². The minimum absolute atomic E-state index is 0. The zero-order valence-electron chi connectivity index (χ0n) is 7.73. The molecule has 0 aliphatic carbocycles. The maximum Gasteiger partial charge on any atom is 2.00 e. The largest absolute Gasteiger partial charge is 2.00 e. The second kappa shape index (κ2) is 8.98. The maximum absolute atomic E-state index is 10.1. The summed E-state index contributed by atoms with van der Waals surface area (Å²) in [5.74, 6) is -5.98. The molecule has 9 heteroatoms. The van der Waals surface area contributed by atoms with Crippen LogP contribution in [0.1, 0.15) is 12.8 Å². The Bertz CT molecular complexity index is 236. The van der Waals surface area contributed by atoms with E-state index in [0.29, 0.717) is 0 Å². The topological polar surface area (TPSA) is 141 Å². The molecule has 0 heterocycles. The van der Waals surface area contributed by atoms with E-state index in [1.165, 1.54) is 0 Å². The third-order valence-corrected chi connectivity index (χ3v) is 1.25. The summed E-state index contributed by atoms with van der Waals surface area (Å²) in [5.41, 5.74) is -2.97. The van der Waals surface area contributed by atoms with Gasteiger partial charge < -0.3 is 34.8 Å². The minimum atomic E-state index is -2.97. The molecule has 7 nitrogen and oxygen atoms in total. The maximum atomic E-state index is 10.1. The molecule has 0 aliphatic heterocycles. The van der Waals surface area contributed by atoms with E-state index in [-0.39, 0.29) is 75.5 Å². The van der Waals surface area contributed by atoms with Crippen LogP contribution in [0.2, 0.25) is 0 Å². The van der Waals surface area contributed by atoms with Crippen molar-refractivity contribution in [1.82, 2.24) is 0 Å². The van der Waals surface area contributed by atoms with Crippen LogP contribution in [0.15, 0.2) is 0 Å². The van der Waals surface area contributed by atoms with Gasteiger partial charge >= 0.3 is 75.5 Å². The van der Waals surface area contributed by atoms with Crippen LogP contribution in [0.5, 0.6) is 0 Å². The van der Waals surface area contributed by atoms with E-state index in [9.17, 15) is 29.7 Å². The number of carboxylic acids is 3. The SMILES string of the molecule is O=C([O-])CC(O)(CC(=O)[O-])C(=O)[O-].[Ca+2].[Ca+2]. The molecule has 0 saturated carbocycles. The molecule has 74 valence electrons. The molecule has 0 aromatic heterocycles. The van der Waals surface area contributed by atoms with Gasteiger partial charge in [0, 0.05) is 24.8 Å². The molecule has 0 atom stereocenters. The molecule has 0 amide bonds. The Balaban J connectivity index is -0.000000720. The molecule has 0 aromatic carbocycles. The Hall–Kier alpha value is 0.889. The fourth-order valence-electron chi connectivity index (χ4n) is 0.684. The van der Waals surface area contributed by atoms with Gasteiger partial charge in [-0.1, -0.05) is 0 Å². The summed E-state index contributed by atoms with van der Waals surface area (Å²) in [7, 11) is 0. The van der Waals surface area contributed by atoms with Gasteiger partial charge in [0.1, 0.15) is 5.60 Å². The first-order valence-corrected chi connectivity index (χ1v) is 3.11. The van der Waals surface area contributed by atoms with Gasteiger partial charge in [-0.2, -0.15) is 0 Å². The number of hydrogen-bond donors (Lipinski definition) is 1. The van der Waals surface area contributed by atoms with Gasteiger partial charge in [0.25, 0.3) is 0 Å². The summed E-state index contributed by atoms with van der Waals surface area (Å²) in [6.45, 7) is 0. The van der Waals surface area contributed by atoms with E-state index in [1.54, 1.807) is 0 Å². The molecule has 0 aliphatic rings. The zero-order chi connectivity index (χ0) is 10.6. The smallest absolute Gasteiger partial charge is 0.550 e. The van der Waals surface area contributed by atoms with E-state index in [0.717, 1.165) is 0 Å². The Morgan fingerprint density at radius 1 is 0.933 bits per heavy atom. The Kier molecular flexibility index (Phi) is 12.7. The quantitative estimate of drug-likeness (QED) is 0.490. The summed E-state index contributed by atoms with van der Waals surface area (Å²) in [6.07, 6.45) is -2.72. The first kappa shape index (κ1) is 21.2. The predicted molar refractivity (Wildman–Crippen MR) is 40.7 cm³/mol. The first-order chi connectivity index (χ1) is 5.78. The molecule has 0 radical (unpaired) electrons. The summed E-state index contributed by atoms with van der Waals surface area (Å²) < 4.78 is 0. The first-order valence-electron chi connectivity index (χ1n) is 3.11. The molecule has 1 N–H and O–H groups in total. The van der Waals surface area contributed by atoms with Crippen LogP contribution in [0.4, 0.5) is 0 Å². The Labute approximate surface area is 144 Å². The monoisotopic (exact) mass is 269 g/mol. The molecular weight excluding hydrogens is 264 g/mol. The van der Waals surface area contributed by atoms with Crippen LogP contribution >= 0.6 is 0 Å². The van der Waals surface area contributed by atoms with Crippen molar-refractivity contribution >= 4 is 93.4 Å². The molecule has 0 fully saturated rings. The average molecular weight is 269 g/mol. The summed E-state index contributed by atoms with van der Waals surface area (Å²) >= 11 is 0. The van der Waals surface area contributed by atoms with Crippen molar-refractivity contribution in [1.29, 1.82) is 0 Å². The average Bonchev–Trinajstić information content (AvgIpc) is 1.82. The second-order valence-electron chi connectivity index (χ2n) is 2.42. The molecule has 0 rings (SSSR count). The van der Waals surface area contributed by atoms with Crippen LogP contribution < -0.4 is 15.3 Å². The molecule has 0 spiro atoms. The number of aliphatic carboxylic acids is 3. The van der Waals surface area contributed by atoms with Gasteiger partial charge in [0.2, 0.25) is 0 Å². The predicted octanol–water partition coefficient (Wildman–Crippen LogP) is -6.01. The van der Waals surface area contributed by atoms with E-state index < -0.39 is 36.4 Å². The van der Waals surface area contributed by atoms with Gasteiger partial charge in [-0.05, 0) is 0 Å². The standard InChI is InChI=1S/C6H8O7.2Ca/c7-3(8)1-6(13,5(11)12)2-4(9)10;;/h13H,1-2H2,(H,7,8)(H,9,10)(H,11,12);;/q;2*+2/p-3. The fraction of sp³-hybridized carbons (Fsp3) is 0.500. The Morgan fingerprint density at radius 2 is 1.20 bits per heavy atom. The summed E-state index contributed by atoms with van der Waals surface area (Å²) in [5, 5.41) is 38.9. The zero-order valence-corrected chi connectivity index (χ0v) is 12.1.